The molecule has 2 bridgehead atoms. The molecule has 2 unspecified atom stereocenters. The highest BCUT2D eigenvalue weighted by Gasteiger charge is 2.47. The lowest BCUT2D eigenvalue weighted by Crippen LogP contribution is -2.63. The molecule has 2 atom stereocenters. The SMILES string of the molecule is CC1(C)CNC2(CC3CCC(C2)N3)OC1. The van der Waals surface area contributed by atoms with Gasteiger partial charge in [-0.2, -0.15) is 0 Å². The van der Waals surface area contributed by atoms with Crippen molar-refractivity contribution in [2.24, 2.45) is 5.41 Å². The molecule has 3 aliphatic rings. The number of rotatable bonds is 0. The summed E-state index contributed by atoms with van der Waals surface area (Å²) in [5, 5.41) is 7.33. The summed E-state index contributed by atoms with van der Waals surface area (Å²) >= 11 is 0. The van der Waals surface area contributed by atoms with Gasteiger partial charge in [-0.3, -0.25) is 5.32 Å². The maximum absolute atomic E-state index is 6.15. The summed E-state index contributed by atoms with van der Waals surface area (Å²) in [5.41, 5.74) is 0.307. The molecule has 3 rings (SSSR count). The molecule has 0 aliphatic carbocycles. The molecule has 0 saturated carbocycles. The molecular weight excluding hydrogens is 188 g/mol. The van der Waals surface area contributed by atoms with E-state index in [9.17, 15) is 0 Å². The molecule has 0 aromatic rings. The highest BCUT2D eigenvalue weighted by atomic mass is 16.5. The zero-order chi connectivity index (χ0) is 10.5. The molecule has 2 N–H and O–H groups in total. The van der Waals surface area contributed by atoms with E-state index in [1.165, 1.54) is 12.8 Å². The highest BCUT2D eigenvalue weighted by Crippen LogP contribution is 2.38. The average Bonchev–Trinajstić information content (AvgIpc) is 2.53. The van der Waals surface area contributed by atoms with Crippen molar-refractivity contribution in [2.45, 2.75) is 57.3 Å². The van der Waals surface area contributed by atoms with Crippen LogP contribution in [0.1, 0.15) is 39.5 Å². The van der Waals surface area contributed by atoms with E-state index in [4.69, 9.17) is 4.74 Å². The van der Waals surface area contributed by atoms with Crippen LogP contribution in [0.3, 0.4) is 0 Å². The minimum absolute atomic E-state index is 0.00655. The van der Waals surface area contributed by atoms with E-state index in [2.05, 4.69) is 24.5 Å². The molecule has 3 saturated heterocycles. The summed E-state index contributed by atoms with van der Waals surface area (Å²) in [7, 11) is 0. The van der Waals surface area contributed by atoms with Crippen LogP contribution in [0.25, 0.3) is 0 Å². The van der Waals surface area contributed by atoms with Crippen LogP contribution in [-0.4, -0.2) is 31.0 Å². The molecule has 3 aliphatic heterocycles. The predicted octanol–water partition coefficient (Wildman–Crippen LogP) is 1.24. The quantitative estimate of drug-likeness (QED) is 0.631. The number of hydrogen-bond donors (Lipinski definition) is 2. The minimum Gasteiger partial charge on any atom is -0.360 e. The fourth-order valence-electron chi connectivity index (χ4n) is 3.20. The molecule has 3 heteroatoms. The molecule has 0 radical (unpaired) electrons. The number of nitrogens with one attached hydrogen (secondary N) is 2. The van der Waals surface area contributed by atoms with E-state index >= 15 is 0 Å². The minimum atomic E-state index is 0.00655. The fourth-order valence-corrected chi connectivity index (χ4v) is 3.20. The third-order valence-electron chi connectivity index (χ3n) is 4.12. The topological polar surface area (TPSA) is 33.3 Å². The van der Waals surface area contributed by atoms with Crippen LogP contribution in [0, 0.1) is 5.41 Å². The van der Waals surface area contributed by atoms with Crippen LogP contribution >= 0.6 is 0 Å². The van der Waals surface area contributed by atoms with E-state index in [0.717, 1.165) is 26.0 Å². The highest BCUT2D eigenvalue weighted by molar-refractivity contribution is 5.01. The van der Waals surface area contributed by atoms with Crippen molar-refractivity contribution in [2.75, 3.05) is 13.2 Å². The first-order valence-electron chi connectivity index (χ1n) is 6.22. The normalized spacial score (nSPS) is 48.4. The van der Waals surface area contributed by atoms with Gasteiger partial charge in [0.25, 0.3) is 0 Å². The van der Waals surface area contributed by atoms with Gasteiger partial charge in [0.1, 0.15) is 5.72 Å². The lowest BCUT2D eigenvalue weighted by molar-refractivity contribution is -0.157. The van der Waals surface area contributed by atoms with E-state index in [1.54, 1.807) is 0 Å². The second-order valence-corrected chi connectivity index (χ2v) is 6.35. The van der Waals surface area contributed by atoms with Gasteiger partial charge in [0, 0.05) is 36.9 Å². The summed E-state index contributed by atoms with van der Waals surface area (Å²) in [6.07, 6.45) is 4.97. The van der Waals surface area contributed by atoms with Crippen LogP contribution in [0.5, 0.6) is 0 Å². The summed E-state index contributed by atoms with van der Waals surface area (Å²) in [6, 6.07) is 1.38. The van der Waals surface area contributed by atoms with Gasteiger partial charge in [-0.05, 0) is 12.8 Å². The standard InChI is InChI=1S/C12H22N2O/c1-11(2)7-13-12(15-8-11)5-9-3-4-10(6-12)14-9/h9-10,13-14H,3-8H2,1-2H3. The van der Waals surface area contributed by atoms with Crippen LogP contribution < -0.4 is 10.6 Å². The molecule has 3 nitrogen and oxygen atoms in total. The van der Waals surface area contributed by atoms with Gasteiger partial charge in [0.15, 0.2) is 0 Å². The molecule has 0 aromatic carbocycles. The summed E-state index contributed by atoms with van der Waals surface area (Å²) in [5.74, 6) is 0. The second-order valence-electron chi connectivity index (χ2n) is 6.35. The van der Waals surface area contributed by atoms with Crippen molar-refractivity contribution in [1.82, 2.24) is 10.6 Å². The molecule has 15 heavy (non-hydrogen) atoms. The van der Waals surface area contributed by atoms with Gasteiger partial charge in [-0.25, -0.2) is 0 Å². The Labute approximate surface area is 91.9 Å². The lowest BCUT2D eigenvalue weighted by Gasteiger charge is -2.48. The third kappa shape index (κ3) is 1.81. The van der Waals surface area contributed by atoms with Crippen molar-refractivity contribution >= 4 is 0 Å². The van der Waals surface area contributed by atoms with E-state index < -0.39 is 0 Å². The van der Waals surface area contributed by atoms with Crippen molar-refractivity contribution in [1.29, 1.82) is 0 Å². The monoisotopic (exact) mass is 210 g/mol. The molecular formula is C12H22N2O. The second kappa shape index (κ2) is 3.19. The number of piperidine rings is 1. The number of hydrogen-bond acceptors (Lipinski definition) is 3. The van der Waals surface area contributed by atoms with Crippen molar-refractivity contribution < 1.29 is 4.74 Å². The fraction of sp³-hybridized carbons (Fsp3) is 1.00. The Morgan fingerprint density at radius 3 is 2.33 bits per heavy atom. The first kappa shape index (κ1) is 10.1. The van der Waals surface area contributed by atoms with E-state index in [-0.39, 0.29) is 5.72 Å². The van der Waals surface area contributed by atoms with Crippen LogP contribution in [-0.2, 0) is 4.74 Å². The molecule has 86 valence electrons. The zero-order valence-electron chi connectivity index (χ0n) is 9.81. The number of fused-ring (bicyclic) bond motifs is 2. The van der Waals surface area contributed by atoms with Crippen molar-refractivity contribution in [3.8, 4) is 0 Å². The molecule has 0 amide bonds. The first-order valence-corrected chi connectivity index (χ1v) is 6.22. The summed E-state index contributed by atoms with van der Waals surface area (Å²) in [6.45, 7) is 6.52. The zero-order valence-corrected chi connectivity index (χ0v) is 9.81. The number of ether oxygens (including phenoxy) is 1. The predicted molar refractivity (Wildman–Crippen MR) is 59.6 cm³/mol. The van der Waals surface area contributed by atoms with Crippen LogP contribution in [0.2, 0.25) is 0 Å². The molecule has 3 heterocycles. The maximum atomic E-state index is 6.15. The lowest BCUT2D eigenvalue weighted by atomic mass is 9.87. The van der Waals surface area contributed by atoms with Gasteiger partial charge in [0.2, 0.25) is 0 Å². The smallest absolute Gasteiger partial charge is 0.122 e. The van der Waals surface area contributed by atoms with E-state index in [0.29, 0.717) is 17.5 Å². The average molecular weight is 210 g/mol. The van der Waals surface area contributed by atoms with Gasteiger partial charge in [0.05, 0.1) is 6.61 Å². The Morgan fingerprint density at radius 1 is 1.13 bits per heavy atom. The van der Waals surface area contributed by atoms with E-state index in [1.807, 2.05) is 0 Å². The first-order chi connectivity index (χ1) is 7.07. The van der Waals surface area contributed by atoms with Gasteiger partial charge in [-0.1, -0.05) is 13.8 Å². The largest absolute Gasteiger partial charge is 0.360 e. The van der Waals surface area contributed by atoms with Gasteiger partial charge < -0.3 is 10.1 Å². The summed E-state index contributed by atoms with van der Waals surface area (Å²) in [4.78, 5) is 0. The van der Waals surface area contributed by atoms with Crippen molar-refractivity contribution in [3.05, 3.63) is 0 Å². The van der Waals surface area contributed by atoms with Gasteiger partial charge in [-0.15, -0.1) is 0 Å². The van der Waals surface area contributed by atoms with Crippen molar-refractivity contribution in [3.63, 3.8) is 0 Å². The Balaban J connectivity index is 1.71. The summed E-state index contributed by atoms with van der Waals surface area (Å²) < 4.78 is 6.15. The molecule has 1 spiro atoms. The molecule has 3 fully saturated rings. The Bertz CT molecular complexity index is 240. The van der Waals surface area contributed by atoms with Gasteiger partial charge >= 0.3 is 0 Å². The van der Waals surface area contributed by atoms with Crippen LogP contribution in [0.4, 0.5) is 0 Å². The Hall–Kier alpha value is -0.120. The third-order valence-corrected chi connectivity index (χ3v) is 4.12. The van der Waals surface area contributed by atoms with Crippen LogP contribution in [0.15, 0.2) is 0 Å². The Kier molecular flexibility index (Phi) is 2.14. The molecule has 0 aromatic heterocycles. The maximum Gasteiger partial charge on any atom is 0.122 e. The Morgan fingerprint density at radius 2 is 1.80 bits per heavy atom.